The van der Waals surface area contributed by atoms with E-state index >= 15 is 0 Å². The molecule has 1 N–H and O–H groups in total. The van der Waals surface area contributed by atoms with Crippen LogP contribution in [0.2, 0.25) is 0 Å². The van der Waals surface area contributed by atoms with Crippen molar-refractivity contribution in [3.8, 4) is 5.75 Å². The Kier molecular flexibility index (Phi) is 4.51. The molecule has 0 bridgehead atoms. The average Bonchev–Trinajstić information content (AvgIpc) is 3.21. The zero-order valence-corrected chi connectivity index (χ0v) is 15.4. The molecule has 0 atom stereocenters. The van der Waals surface area contributed by atoms with Crippen LogP contribution >= 0.6 is 0 Å². The Bertz CT molecular complexity index is 884. The summed E-state index contributed by atoms with van der Waals surface area (Å²) < 4.78 is 7.92. The topological polar surface area (TPSA) is 39.1 Å². The Hall–Kier alpha value is -2.59. The number of aromatic nitrogens is 2. The molecule has 0 spiro atoms. The third-order valence-corrected chi connectivity index (χ3v) is 4.78. The summed E-state index contributed by atoms with van der Waals surface area (Å²) in [7, 11) is 0. The van der Waals surface area contributed by atoms with Gasteiger partial charge < -0.3 is 10.1 Å². The normalized spacial score (nSPS) is 14.8. The molecule has 0 amide bonds. The van der Waals surface area contributed by atoms with Crippen LogP contribution in [0.1, 0.15) is 36.1 Å². The van der Waals surface area contributed by atoms with E-state index in [2.05, 4.69) is 66.7 Å². The van der Waals surface area contributed by atoms with Crippen LogP contribution in [0.15, 0.2) is 60.9 Å². The summed E-state index contributed by atoms with van der Waals surface area (Å²) >= 11 is 0. The van der Waals surface area contributed by atoms with Gasteiger partial charge in [0.05, 0.1) is 6.54 Å². The molecular formula is C22H25N3O. The van der Waals surface area contributed by atoms with Gasteiger partial charge in [-0.3, -0.25) is 4.68 Å². The van der Waals surface area contributed by atoms with Crippen LogP contribution in [0, 0.1) is 0 Å². The largest absolute Gasteiger partial charge is 0.487 e. The van der Waals surface area contributed by atoms with Crippen LogP contribution in [-0.2, 0) is 26.1 Å². The lowest BCUT2D eigenvalue weighted by Crippen LogP contribution is -2.24. The highest BCUT2D eigenvalue weighted by molar-refractivity contribution is 5.41. The monoisotopic (exact) mass is 347 g/mol. The van der Waals surface area contributed by atoms with Crippen LogP contribution in [0.5, 0.6) is 5.75 Å². The van der Waals surface area contributed by atoms with Crippen molar-refractivity contribution in [1.82, 2.24) is 15.1 Å². The molecule has 0 saturated heterocycles. The molecule has 26 heavy (non-hydrogen) atoms. The van der Waals surface area contributed by atoms with Crippen molar-refractivity contribution in [3.05, 3.63) is 83.2 Å². The van der Waals surface area contributed by atoms with Crippen LogP contribution in [0.3, 0.4) is 0 Å². The molecule has 3 aromatic rings. The van der Waals surface area contributed by atoms with E-state index in [-0.39, 0.29) is 5.60 Å². The summed E-state index contributed by atoms with van der Waals surface area (Å²) in [6.45, 7) is 6.78. The SMILES string of the molecule is CC1(C)Cc2cc(CNCc3ccccc3Cn3cccn3)ccc2O1. The summed E-state index contributed by atoms with van der Waals surface area (Å²) in [6, 6.07) is 17.0. The van der Waals surface area contributed by atoms with E-state index in [0.29, 0.717) is 0 Å². The maximum Gasteiger partial charge on any atom is 0.123 e. The smallest absolute Gasteiger partial charge is 0.123 e. The number of benzene rings is 2. The maximum atomic E-state index is 5.96. The second-order valence-electron chi connectivity index (χ2n) is 7.56. The van der Waals surface area contributed by atoms with Crippen molar-refractivity contribution in [2.24, 2.45) is 0 Å². The average molecular weight is 347 g/mol. The minimum Gasteiger partial charge on any atom is -0.487 e. The molecule has 4 heteroatoms. The van der Waals surface area contributed by atoms with Gasteiger partial charge in [-0.15, -0.1) is 0 Å². The van der Waals surface area contributed by atoms with Gasteiger partial charge in [0.2, 0.25) is 0 Å². The Balaban J connectivity index is 1.39. The predicted octanol–water partition coefficient (Wildman–Crippen LogP) is 3.93. The van der Waals surface area contributed by atoms with Crippen molar-refractivity contribution in [3.63, 3.8) is 0 Å². The fourth-order valence-electron chi connectivity index (χ4n) is 3.57. The minimum absolute atomic E-state index is 0.0835. The van der Waals surface area contributed by atoms with Crippen LogP contribution in [0.25, 0.3) is 0 Å². The van der Waals surface area contributed by atoms with Crippen molar-refractivity contribution >= 4 is 0 Å². The zero-order chi connectivity index (χ0) is 18.0. The summed E-state index contributed by atoms with van der Waals surface area (Å²) in [5.74, 6) is 1.03. The number of nitrogens with zero attached hydrogens (tertiary/aromatic N) is 2. The number of hydrogen-bond donors (Lipinski definition) is 1. The second-order valence-corrected chi connectivity index (χ2v) is 7.56. The Morgan fingerprint density at radius 1 is 1.08 bits per heavy atom. The third-order valence-electron chi connectivity index (χ3n) is 4.78. The molecule has 1 aromatic heterocycles. The predicted molar refractivity (Wildman–Crippen MR) is 103 cm³/mol. The van der Waals surface area contributed by atoms with E-state index in [9.17, 15) is 0 Å². The van der Waals surface area contributed by atoms with Gasteiger partial charge in [0.15, 0.2) is 0 Å². The first kappa shape index (κ1) is 16.9. The first-order valence-electron chi connectivity index (χ1n) is 9.15. The van der Waals surface area contributed by atoms with Gasteiger partial charge in [-0.2, -0.15) is 5.10 Å². The maximum absolute atomic E-state index is 5.96. The molecule has 1 aliphatic rings. The molecule has 0 aliphatic carbocycles. The fraction of sp³-hybridized carbons (Fsp3) is 0.318. The molecule has 0 fully saturated rings. The first-order valence-corrected chi connectivity index (χ1v) is 9.15. The fourth-order valence-corrected chi connectivity index (χ4v) is 3.57. The Morgan fingerprint density at radius 3 is 2.73 bits per heavy atom. The minimum atomic E-state index is -0.0835. The van der Waals surface area contributed by atoms with Gasteiger partial charge in [-0.25, -0.2) is 0 Å². The van der Waals surface area contributed by atoms with Crippen LogP contribution in [0.4, 0.5) is 0 Å². The van der Waals surface area contributed by atoms with Gasteiger partial charge in [0, 0.05) is 31.9 Å². The van der Waals surface area contributed by atoms with Gasteiger partial charge in [-0.1, -0.05) is 36.4 Å². The van der Waals surface area contributed by atoms with E-state index < -0.39 is 0 Å². The quantitative estimate of drug-likeness (QED) is 0.734. The molecule has 0 unspecified atom stereocenters. The summed E-state index contributed by atoms with van der Waals surface area (Å²) in [6.07, 6.45) is 4.79. The third kappa shape index (κ3) is 3.81. The number of rotatable bonds is 6. The lowest BCUT2D eigenvalue weighted by molar-refractivity contribution is 0.138. The van der Waals surface area contributed by atoms with Crippen LogP contribution < -0.4 is 10.1 Å². The molecule has 1 aliphatic heterocycles. The van der Waals surface area contributed by atoms with Crippen molar-refractivity contribution < 1.29 is 4.74 Å². The van der Waals surface area contributed by atoms with Crippen molar-refractivity contribution in [2.75, 3.05) is 0 Å². The molecule has 2 aromatic carbocycles. The molecular weight excluding hydrogens is 322 g/mol. The highest BCUT2D eigenvalue weighted by Gasteiger charge is 2.29. The molecule has 134 valence electrons. The van der Waals surface area contributed by atoms with E-state index in [4.69, 9.17) is 4.74 Å². The Morgan fingerprint density at radius 2 is 1.92 bits per heavy atom. The van der Waals surface area contributed by atoms with Crippen molar-refractivity contribution in [1.29, 1.82) is 0 Å². The molecule has 0 radical (unpaired) electrons. The lowest BCUT2D eigenvalue weighted by Gasteiger charge is -2.16. The van der Waals surface area contributed by atoms with Gasteiger partial charge in [0.1, 0.15) is 11.4 Å². The van der Waals surface area contributed by atoms with E-state index in [1.54, 1.807) is 0 Å². The van der Waals surface area contributed by atoms with Crippen molar-refractivity contribution in [2.45, 2.75) is 45.5 Å². The summed E-state index contributed by atoms with van der Waals surface area (Å²) in [4.78, 5) is 0. The molecule has 4 rings (SSSR count). The Labute approximate surface area is 154 Å². The number of fused-ring (bicyclic) bond motifs is 1. The number of ether oxygens (including phenoxy) is 1. The lowest BCUT2D eigenvalue weighted by atomic mass is 10.00. The van der Waals surface area contributed by atoms with Gasteiger partial charge in [-0.05, 0) is 48.2 Å². The summed E-state index contributed by atoms with van der Waals surface area (Å²) in [5.41, 5.74) is 5.14. The molecule has 2 heterocycles. The second kappa shape index (κ2) is 6.96. The molecule has 4 nitrogen and oxygen atoms in total. The number of nitrogens with one attached hydrogen (secondary N) is 1. The standard InChI is InChI=1S/C22H25N3O/c1-22(2)13-20-12-17(8-9-21(20)26-22)14-23-15-18-6-3-4-7-19(18)16-25-11-5-10-24-25/h3-12,23H,13-16H2,1-2H3. The van der Waals surface area contributed by atoms with Gasteiger partial charge >= 0.3 is 0 Å². The summed E-state index contributed by atoms with van der Waals surface area (Å²) in [5, 5.41) is 7.89. The van der Waals surface area contributed by atoms with Gasteiger partial charge in [0.25, 0.3) is 0 Å². The molecule has 0 saturated carbocycles. The van der Waals surface area contributed by atoms with E-state index in [1.807, 2.05) is 23.1 Å². The van der Waals surface area contributed by atoms with E-state index in [1.165, 1.54) is 22.3 Å². The number of hydrogen-bond acceptors (Lipinski definition) is 3. The van der Waals surface area contributed by atoms with Crippen LogP contribution in [-0.4, -0.2) is 15.4 Å². The zero-order valence-electron chi connectivity index (χ0n) is 15.4. The highest BCUT2D eigenvalue weighted by Crippen LogP contribution is 2.35. The first-order chi connectivity index (χ1) is 12.6. The highest BCUT2D eigenvalue weighted by atomic mass is 16.5. The van der Waals surface area contributed by atoms with E-state index in [0.717, 1.165) is 31.8 Å².